The normalized spacial score (nSPS) is 11.3. The van der Waals surface area contributed by atoms with Gasteiger partial charge in [-0.15, -0.1) is 0 Å². The lowest BCUT2D eigenvalue weighted by molar-refractivity contribution is 0.306. The number of unbranched alkanes of at least 4 members (excludes halogenated alkanes) is 11. The summed E-state index contributed by atoms with van der Waals surface area (Å²) in [4.78, 5) is 0. The van der Waals surface area contributed by atoms with Crippen molar-refractivity contribution >= 4 is 24.0 Å². The van der Waals surface area contributed by atoms with Crippen molar-refractivity contribution in [2.45, 2.75) is 96.8 Å². The Balaban J connectivity index is 1.59. The van der Waals surface area contributed by atoms with Crippen LogP contribution in [-0.4, -0.2) is 12.4 Å². The molecule has 0 heterocycles. The summed E-state index contributed by atoms with van der Waals surface area (Å²) in [5.41, 5.74) is 3.13. The predicted octanol–water partition coefficient (Wildman–Crippen LogP) is 10.0. The van der Waals surface area contributed by atoms with Crippen LogP contribution in [0.5, 0.6) is 5.75 Å². The molecule has 0 aliphatic carbocycles. The second-order valence-electron chi connectivity index (χ2n) is 8.93. The minimum absolute atomic E-state index is 0.750. The molecule has 0 aliphatic heterocycles. The van der Waals surface area contributed by atoms with Crippen molar-refractivity contribution in [2.75, 3.05) is 12.4 Å². The molecule has 2 aromatic rings. The molecular formula is C29H44N2OS. The van der Waals surface area contributed by atoms with Crippen LogP contribution in [0.4, 0.5) is 11.4 Å². The van der Waals surface area contributed by atoms with E-state index < -0.39 is 0 Å². The van der Waals surface area contributed by atoms with Gasteiger partial charge in [0.1, 0.15) is 5.75 Å². The highest BCUT2D eigenvalue weighted by atomic mass is 32.1. The molecule has 2 aromatic carbocycles. The van der Waals surface area contributed by atoms with Gasteiger partial charge in [0.2, 0.25) is 0 Å². The number of rotatable bonds is 19. The van der Waals surface area contributed by atoms with E-state index in [-0.39, 0.29) is 0 Å². The number of benzene rings is 2. The van der Waals surface area contributed by atoms with Crippen LogP contribution in [0, 0.1) is 0 Å². The lowest BCUT2D eigenvalue weighted by atomic mass is 10.0. The lowest BCUT2D eigenvalue weighted by Crippen LogP contribution is -1.96. The van der Waals surface area contributed by atoms with Crippen molar-refractivity contribution in [1.82, 2.24) is 0 Å². The molecule has 0 amide bonds. The molecule has 0 aliphatic rings. The Kier molecular flexibility index (Phi) is 15.5. The average molecular weight is 469 g/mol. The highest BCUT2D eigenvalue weighted by molar-refractivity contribution is 7.80. The summed E-state index contributed by atoms with van der Waals surface area (Å²) in [5.74, 6) is 1.83. The second kappa shape index (κ2) is 18.6. The quantitative estimate of drug-likeness (QED) is 0.124. The van der Waals surface area contributed by atoms with E-state index in [9.17, 15) is 0 Å². The number of azo groups is 1. The van der Waals surface area contributed by atoms with Crippen LogP contribution in [0.25, 0.3) is 0 Å². The molecular weight excluding hydrogens is 424 g/mol. The zero-order valence-electron chi connectivity index (χ0n) is 20.7. The third-order valence-corrected chi connectivity index (χ3v) is 6.26. The zero-order valence-corrected chi connectivity index (χ0v) is 21.6. The summed E-state index contributed by atoms with van der Waals surface area (Å²) >= 11 is 4.23. The van der Waals surface area contributed by atoms with Gasteiger partial charge in [0.05, 0.1) is 18.0 Å². The summed E-state index contributed by atoms with van der Waals surface area (Å²) in [6.07, 6.45) is 18.3. The highest BCUT2D eigenvalue weighted by Crippen LogP contribution is 2.22. The van der Waals surface area contributed by atoms with Gasteiger partial charge in [-0.05, 0) is 79.8 Å². The Bertz CT molecular complexity index is 743. The van der Waals surface area contributed by atoms with Gasteiger partial charge in [-0.1, -0.05) is 76.8 Å². The Morgan fingerprint density at radius 3 is 1.70 bits per heavy atom. The van der Waals surface area contributed by atoms with E-state index in [0.29, 0.717) is 0 Å². The summed E-state index contributed by atoms with van der Waals surface area (Å²) < 4.78 is 5.76. The van der Waals surface area contributed by atoms with Crippen molar-refractivity contribution in [3.05, 3.63) is 54.1 Å². The molecule has 0 saturated heterocycles. The van der Waals surface area contributed by atoms with Crippen LogP contribution in [0.1, 0.15) is 96.0 Å². The van der Waals surface area contributed by atoms with Gasteiger partial charge in [-0.25, -0.2) is 0 Å². The topological polar surface area (TPSA) is 34.0 Å². The molecule has 4 heteroatoms. The van der Waals surface area contributed by atoms with Crippen LogP contribution in [0.2, 0.25) is 0 Å². The third-order valence-electron chi connectivity index (χ3n) is 5.94. The Labute approximate surface area is 207 Å². The fourth-order valence-corrected chi connectivity index (χ4v) is 4.07. The average Bonchev–Trinajstić information content (AvgIpc) is 2.85. The molecule has 0 unspecified atom stereocenters. The molecule has 3 nitrogen and oxygen atoms in total. The molecule has 0 saturated carbocycles. The summed E-state index contributed by atoms with van der Waals surface area (Å²) in [7, 11) is 0. The van der Waals surface area contributed by atoms with Gasteiger partial charge in [-0.2, -0.15) is 22.9 Å². The van der Waals surface area contributed by atoms with Crippen molar-refractivity contribution in [1.29, 1.82) is 0 Å². The smallest absolute Gasteiger partial charge is 0.119 e. The summed E-state index contributed by atoms with van der Waals surface area (Å²) in [5, 5.41) is 8.73. The van der Waals surface area contributed by atoms with E-state index in [2.05, 4.69) is 54.0 Å². The Morgan fingerprint density at radius 1 is 0.606 bits per heavy atom. The maximum Gasteiger partial charge on any atom is 0.119 e. The molecule has 0 aromatic heterocycles. The first kappa shape index (κ1) is 27.4. The fraction of sp³-hybridized carbons (Fsp3) is 0.586. The monoisotopic (exact) mass is 468 g/mol. The van der Waals surface area contributed by atoms with Crippen molar-refractivity contribution in [3.8, 4) is 5.75 Å². The van der Waals surface area contributed by atoms with Crippen molar-refractivity contribution in [3.63, 3.8) is 0 Å². The molecule has 0 bridgehead atoms. The van der Waals surface area contributed by atoms with Gasteiger partial charge in [0, 0.05) is 0 Å². The molecule has 0 spiro atoms. The molecule has 2 rings (SSSR count). The van der Waals surface area contributed by atoms with Crippen LogP contribution >= 0.6 is 12.6 Å². The van der Waals surface area contributed by atoms with Gasteiger partial charge < -0.3 is 4.74 Å². The summed E-state index contributed by atoms with van der Waals surface area (Å²) in [6.45, 7) is 3.03. The highest BCUT2D eigenvalue weighted by Gasteiger charge is 1.98. The number of thiol groups is 1. The molecule has 0 fully saturated rings. The third kappa shape index (κ3) is 13.5. The van der Waals surface area contributed by atoms with E-state index in [0.717, 1.165) is 55.2 Å². The van der Waals surface area contributed by atoms with E-state index >= 15 is 0 Å². The number of nitrogens with zero attached hydrogens (tertiary/aromatic N) is 2. The van der Waals surface area contributed by atoms with Gasteiger partial charge in [0.15, 0.2) is 0 Å². The Hall–Kier alpha value is -1.81. The minimum Gasteiger partial charge on any atom is -0.494 e. The van der Waals surface area contributed by atoms with E-state index in [1.54, 1.807) is 0 Å². The summed E-state index contributed by atoms with van der Waals surface area (Å²) in [6, 6.07) is 16.3. The number of aryl methyl sites for hydroxylation is 1. The molecule has 182 valence electrons. The van der Waals surface area contributed by atoms with Gasteiger partial charge in [0.25, 0.3) is 0 Å². The fourth-order valence-electron chi connectivity index (χ4n) is 3.85. The maximum absolute atomic E-state index is 5.76. The second-order valence-corrected chi connectivity index (χ2v) is 9.37. The number of hydrogen-bond donors (Lipinski definition) is 1. The molecule has 0 N–H and O–H groups in total. The first-order chi connectivity index (χ1) is 16.3. The molecule has 0 radical (unpaired) electrons. The first-order valence-corrected chi connectivity index (χ1v) is 13.8. The van der Waals surface area contributed by atoms with E-state index in [4.69, 9.17) is 4.74 Å². The standard InChI is InChI=1S/C29H44N2OS/c1-2-3-4-5-6-7-8-9-10-12-15-26-16-18-27(19-17-26)30-31-28-20-22-29(23-21-28)32-24-13-11-14-25-33/h16-23,33H,2-15,24-25H2,1H3. The van der Waals surface area contributed by atoms with Crippen LogP contribution in [-0.2, 0) is 6.42 Å². The SMILES string of the molecule is CCCCCCCCCCCCc1ccc(N=Nc2ccc(OCCCCCS)cc2)cc1. The zero-order chi connectivity index (χ0) is 23.4. The largest absolute Gasteiger partial charge is 0.494 e. The van der Waals surface area contributed by atoms with Crippen molar-refractivity contribution in [2.24, 2.45) is 10.2 Å². The number of ether oxygens (including phenoxy) is 1. The van der Waals surface area contributed by atoms with E-state index in [1.807, 2.05) is 24.3 Å². The number of hydrogen-bond acceptors (Lipinski definition) is 4. The van der Waals surface area contributed by atoms with E-state index in [1.165, 1.54) is 69.8 Å². The lowest BCUT2D eigenvalue weighted by Gasteiger charge is -2.05. The van der Waals surface area contributed by atoms with Gasteiger partial charge in [-0.3, -0.25) is 0 Å². The molecule has 0 atom stereocenters. The first-order valence-electron chi connectivity index (χ1n) is 13.2. The van der Waals surface area contributed by atoms with Gasteiger partial charge >= 0.3 is 0 Å². The Morgan fingerprint density at radius 2 is 1.12 bits per heavy atom. The predicted molar refractivity (Wildman–Crippen MR) is 146 cm³/mol. The van der Waals surface area contributed by atoms with Crippen LogP contribution in [0.3, 0.4) is 0 Å². The van der Waals surface area contributed by atoms with Crippen LogP contribution < -0.4 is 4.74 Å². The van der Waals surface area contributed by atoms with Crippen molar-refractivity contribution < 1.29 is 4.74 Å². The molecule has 33 heavy (non-hydrogen) atoms. The maximum atomic E-state index is 5.76. The van der Waals surface area contributed by atoms with Crippen LogP contribution in [0.15, 0.2) is 58.8 Å². The minimum atomic E-state index is 0.750.